The normalized spacial score (nSPS) is 53.4. The van der Waals surface area contributed by atoms with Crippen molar-refractivity contribution in [3.63, 3.8) is 0 Å². The van der Waals surface area contributed by atoms with Crippen LogP contribution in [0.15, 0.2) is 0 Å². The van der Waals surface area contributed by atoms with Gasteiger partial charge in [0.05, 0.1) is 26.4 Å². The zero-order valence-electron chi connectivity index (χ0n) is 5.54. The Morgan fingerprint density at radius 3 is 1.40 bits per heavy atom. The molecule has 0 aromatic carbocycles. The van der Waals surface area contributed by atoms with Gasteiger partial charge >= 0.3 is 0 Å². The molecule has 0 radical (unpaired) electrons. The van der Waals surface area contributed by atoms with E-state index in [1.54, 1.807) is 0 Å². The molecule has 2 heterocycles. The van der Waals surface area contributed by atoms with Crippen LogP contribution in [0.4, 0.5) is 0 Å². The number of hydrogen-bond donors (Lipinski definition) is 2. The van der Waals surface area contributed by atoms with Crippen molar-refractivity contribution in [1.29, 1.82) is 0 Å². The Morgan fingerprint density at radius 2 is 1.10 bits per heavy atom. The first-order chi connectivity index (χ1) is 4.66. The summed E-state index contributed by atoms with van der Waals surface area (Å²) in [6, 6.07) is 0. The van der Waals surface area contributed by atoms with Crippen LogP contribution in [0.3, 0.4) is 0 Å². The molecule has 4 heteroatoms. The third kappa shape index (κ3) is 0.594. The molecule has 0 amide bonds. The molecule has 2 fully saturated rings. The number of hydrogen-bond acceptors (Lipinski definition) is 4. The van der Waals surface area contributed by atoms with E-state index in [1.165, 1.54) is 0 Å². The van der Waals surface area contributed by atoms with Crippen molar-refractivity contribution in [3.8, 4) is 0 Å². The molecular weight excluding hydrogens is 136 g/mol. The molecule has 2 saturated heterocycles. The van der Waals surface area contributed by atoms with E-state index >= 15 is 0 Å². The summed E-state index contributed by atoms with van der Waals surface area (Å²) in [5.41, 5.74) is -2.29. The molecule has 2 rings (SSSR count). The van der Waals surface area contributed by atoms with E-state index in [9.17, 15) is 10.2 Å². The van der Waals surface area contributed by atoms with Gasteiger partial charge in [-0.15, -0.1) is 0 Å². The van der Waals surface area contributed by atoms with Crippen molar-refractivity contribution in [2.45, 2.75) is 11.2 Å². The minimum Gasteiger partial charge on any atom is -0.382 e. The first kappa shape index (κ1) is 6.54. The van der Waals surface area contributed by atoms with Crippen LogP contribution in [0.2, 0.25) is 0 Å². The van der Waals surface area contributed by atoms with Gasteiger partial charge < -0.3 is 19.7 Å². The number of fused-ring (bicyclic) bond motifs is 1. The fourth-order valence-electron chi connectivity index (χ4n) is 1.40. The van der Waals surface area contributed by atoms with Crippen LogP contribution < -0.4 is 0 Å². The highest BCUT2D eigenvalue weighted by Crippen LogP contribution is 2.35. The second-order valence-electron chi connectivity index (χ2n) is 3.05. The number of rotatable bonds is 0. The molecular formula is C6H10O4. The summed E-state index contributed by atoms with van der Waals surface area (Å²) in [5.74, 6) is 0. The standard InChI is InChI=1S/C6H10O4/c7-5-1-9-3-6(5,8)4-10-2-5/h7-8H,1-4H2. The molecule has 0 spiro atoms. The number of ether oxygens (including phenoxy) is 2. The van der Waals surface area contributed by atoms with E-state index in [2.05, 4.69) is 0 Å². The molecule has 10 heavy (non-hydrogen) atoms. The summed E-state index contributed by atoms with van der Waals surface area (Å²) in [6.45, 7) is 0.736. The van der Waals surface area contributed by atoms with E-state index < -0.39 is 11.2 Å². The van der Waals surface area contributed by atoms with Gasteiger partial charge in [-0.3, -0.25) is 0 Å². The first-order valence-electron chi connectivity index (χ1n) is 3.27. The Hall–Kier alpha value is -0.160. The fourth-order valence-corrected chi connectivity index (χ4v) is 1.40. The molecule has 0 aromatic heterocycles. The van der Waals surface area contributed by atoms with Gasteiger partial charge in [0, 0.05) is 0 Å². The van der Waals surface area contributed by atoms with E-state index in [1.807, 2.05) is 0 Å². The Labute approximate surface area is 58.4 Å². The van der Waals surface area contributed by atoms with E-state index in [0.29, 0.717) is 0 Å². The Morgan fingerprint density at radius 1 is 0.800 bits per heavy atom. The minimum absolute atomic E-state index is 0.184. The second kappa shape index (κ2) is 1.71. The van der Waals surface area contributed by atoms with Crippen LogP contribution in [-0.2, 0) is 9.47 Å². The highest BCUT2D eigenvalue weighted by molar-refractivity contribution is 5.07. The third-order valence-electron chi connectivity index (χ3n) is 2.23. The monoisotopic (exact) mass is 146 g/mol. The largest absolute Gasteiger partial charge is 0.382 e. The van der Waals surface area contributed by atoms with Crippen LogP contribution in [-0.4, -0.2) is 47.8 Å². The Kier molecular flexibility index (Phi) is 1.12. The zero-order valence-corrected chi connectivity index (χ0v) is 5.54. The summed E-state index contributed by atoms with van der Waals surface area (Å²) in [7, 11) is 0. The summed E-state index contributed by atoms with van der Waals surface area (Å²) in [5, 5.41) is 19.2. The maximum atomic E-state index is 9.59. The summed E-state index contributed by atoms with van der Waals surface area (Å²) < 4.78 is 9.88. The van der Waals surface area contributed by atoms with Crippen molar-refractivity contribution in [3.05, 3.63) is 0 Å². The van der Waals surface area contributed by atoms with Gasteiger partial charge in [-0.1, -0.05) is 0 Å². The second-order valence-corrected chi connectivity index (χ2v) is 3.05. The quantitative estimate of drug-likeness (QED) is 0.437. The summed E-state index contributed by atoms with van der Waals surface area (Å²) in [6.07, 6.45) is 0. The maximum absolute atomic E-state index is 9.59. The van der Waals surface area contributed by atoms with Crippen LogP contribution in [0.25, 0.3) is 0 Å². The van der Waals surface area contributed by atoms with Gasteiger partial charge in [-0.05, 0) is 0 Å². The maximum Gasteiger partial charge on any atom is 0.144 e. The van der Waals surface area contributed by atoms with Crippen molar-refractivity contribution >= 4 is 0 Å². The van der Waals surface area contributed by atoms with Crippen molar-refractivity contribution in [2.24, 2.45) is 0 Å². The lowest BCUT2D eigenvalue weighted by Crippen LogP contribution is -2.52. The molecule has 4 nitrogen and oxygen atoms in total. The Bertz CT molecular complexity index is 130. The third-order valence-corrected chi connectivity index (χ3v) is 2.23. The van der Waals surface area contributed by atoms with E-state index in [0.717, 1.165) is 0 Å². The molecule has 58 valence electrons. The fraction of sp³-hybridized carbons (Fsp3) is 1.00. The van der Waals surface area contributed by atoms with E-state index in [-0.39, 0.29) is 26.4 Å². The van der Waals surface area contributed by atoms with Crippen LogP contribution in [0.5, 0.6) is 0 Å². The molecule has 2 aliphatic heterocycles. The van der Waals surface area contributed by atoms with Crippen molar-refractivity contribution < 1.29 is 19.7 Å². The molecule has 0 aromatic rings. The molecule has 0 saturated carbocycles. The van der Waals surface area contributed by atoms with Crippen molar-refractivity contribution in [2.75, 3.05) is 26.4 Å². The molecule has 0 bridgehead atoms. The lowest BCUT2D eigenvalue weighted by Gasteiger charge is -2.25. The SMILES string of the molecule is OC12COCC1(O)COC2. The van der Waals surface area contributed by atoms with Gasteiger partial charge in [0.2, 0.25) is 0 Å². The molecule has 0 unspecified atom stereocenters. The van der Waals surface area contributed by atoms with Gasteiger partial charge in [-0.2, -0.15) is 0 Å². The van der Waals surface area contributed by atoms with Gasteiger partial charge in [0.1, 0.15) is 11.2 Å². The van der Waals surface area contributed by atoms with E-state index in [4.69, 9.17) is 9.47 Å². The average Bonchev–Trinajstić information content (AvgIpc) is 2.20. The predicted molar refractivity (Wildman–Crippen MR) is 31.5 cm³/mol. The topological polar surface area (TPSA) is 58.9 Å². The van der Waals surface area contributed by atoms with Crippen molar-refractivity contribution in [1.82, 2.24) is 0 Å². The van der Waals surface area contributed by atoms with Crippen LogP contribution >= 0.6 is 0 Å². The predicted octanol–water partition coefficient (Wildman–Crippen LogP) is -1.49. The lowest BCUT2D eigenvalue weighted by molar-refractivity contribution is -0.0797. The Balaban J connectivity index is 2.30. The first-order valence-corrected chi connectivity index (χ1v) is 3.27. The van der Waals surface area contributed by atoms with Gasteiger partial charge in [0.25, 0.3) is 0 Å². The van der Waals surface area contributed by atoms with Crippen LogP contribution in [0.1, 0.15) is 0 Å². The highest BCUT2D eigenvalue weighted by Gasteiger charge is 2.58. The van der Waals surface area contributed by atoms with Gasteiger partial charge in [-0.25, -0.2) is 0 Å². The molecule has 2 N–H and O–H groups in total. The van der Waals surface area contributed by atoms with Gasteiger partial charge in [0.15, 0.2) is 0 Å². The molecule has 2 aliphatic rings. The summed E-state index contributed by atoms with van der Waals surface area (Å²) in [4.78, 5) is 0. The lowest BCUT2D eigenvalue weighted by atomic mass is 9.90. The molecule has 0 atom stereocenters. The zero-order chi connectivity index (χ0) is 7.24. The minimum atomic E-state index is -1.15. The highest BCUT2D eigenvalue weighted by atomic mass is 16.6. The summed E-state index contributed by atoms with van der Waals surface area (Å²) >= 11 is 0. The number of aliphatic hydroxyl groups is 2. The molecule has 0 aliphatic carbocycles. The smallest absolute Gasteiger partial charge is 0.144 e. The van der Waals surface area contributed by atoms with Crippen LogP contribution in [0, 0.1) is 0 Å². The average molecular weight is 146 g/mol.